The van der Waals surface area contributed by atoms with Crippen LogP contribution in [-0.4, -0.2) is 15.7 Å². The Balaban J connectivity index is 1.17. The first-order valence-electron chi connectivity index (χ1n) is 10.4. The summed E-state index contributed by atoms with van der Waals surface area (Å²) in [7, 11) is 0. The molecule has 0 spiro atoms. The number of benzene rings is 3. The molecule has 2 heterocycles. The van der Waals surface area contributed by atoms with Crippen molar-refractivity contribution in [3.05, 3.63) is 111 Å². The minimum Gasteiger partial charge on any atom is -0.489 e. The smallest absolute Gasteiger partial charge is 0.265 e. The molecule has 3 aromatic carbocycles. The van der Waals surface area contributed by atoms with Crippen molar-refractivity contribution in [1.82, 2.24) is 9.78 Å². The number of nitrogens with zero attached hydrogens (tertiary/aromatic N) is 2. The Kier molecular flexibility index (Phi) is 6.24. The Hall–Kier alpha value is -3.42. The van der Waals surface area contributed by atoms with E-state index in [-0.39, 0.29) is 5.91 Å². The van der Waals surface area contributed by atoms with Crippen LogP contribution in [0.25, 0.3) is 10.8 Å². The highest BCUT2D eigenvalue weighted by atomic mass is 79.9. The number of carbonyl (C=O) groups excluding carboxylic acids is 1. The molecule has 0 bridgehead atoms. The van der Waals surface area contributed by atoms with E-state index in [0.29, 0.717) is 18.0 Å². The zero-order valence-electron chi connectivity index (χ0n) is 17.6. The maximum absolute atomic E-state index is 12.7. The van der Waals surface area contributed by atoms with Gasteiger partial charge in [0.2, 0.25) is 0 Å². The molecule has 0 aliphatic heterocycles. The van der Waals surface area contributed by atoms with Crippen LogP contribution in [-0.2, 0) is 13.2 Å². The van der Waals surface area contributed by atoms with Gasteiger partial charge in [0.15, 0.2) is 0 Å². The van der Waals surface area contributed by atoms with Gasteiger partial charge >= 0.3 is 0 Å². The number of rotatable bonds is 7. The lowest BCUT2D eigenvalue weighted by Gasteiger charge is -2.07. The molecule has 1 N–H and O–H groups in total. The second kappa shape index (κ2) is 9.60. The number of amides is 1. The standard InChI is InChI=1S/C26H20BrN3O2S/c27-22-13-28-30(15-22)14-18-5-8-23(9-6-18)29-26(31)25-11-19(17-33-25)16-32-24-10-7-20-3-1-2-4-21(20)12-24/h1-13,15,17H,14,16H2,(H,29,31). The van der Waals surface area contributed by atoms with Gasteiger partial charge in [-0.05, 0) is 68.0 Å². The molecule has 0 fully saturated rings. The van der Waals surface area contributed by atoms with E-state index in [1.807, 2.05) is 70.9 Å². The summed E-state index contributed by atoms with van der Waals surface area (Å²) in [6.07, 6.45) is 3.69. The van der Waals surface area contributed by atoms with E-state index in [4.69, 9.17) is 4.74 Å². The van der Waals surface area contributed by atoms with Gasteiger partial charge in [-0.3, -0.25) is 9.48 Å². The van der Waals surface area contributed by atoms with Gasteiger partial charge in [-0.25, -0.2) is 0 Å². The van der Waals surface area contributed by atoms with Crippen molar-refractivity contribution in [3.63, 3.8) is 0 Å². The summed E-state index contributed by atoms with van der Waals surface area (Å²) in [6, 6.07) is 23.9. The highest BCUT2D eigenvalue weighted by Crippen LogP contribution is 2.23. The van der Waals surface area contributed by atoms with Crippen LogP contribution in [0.4, 0.5) is 5.69 Å². The number of carbonyl (C=O) groups is 1. The minimum atomic E-state index is -0.124. The van der Waals surface area contributed by atoms with Crippen molar-refractivity contribution in [2.75, 3.05) is 5.32 Å². The Labute approximate surface area is 203 Å². The van der Waals surface area contributed by atoms with E-state index in [1.165, 1.54) is 16.7 Å². The quantitative estimate of drug-likeness (QED) is 0.260. The van der Waals surface area contributed by atoms with Gasteiger partial charge in [-0.2, -0.15) is 5.10 Å². The minimum absolute atomic E-state index is 0.124. The van der Waals surface area contributed by atoms with E-state index in [1.54, 1.807) is 6.20 Å². The normalized spacial score (nSPS) is 10.9. The first-order chi connectivity index (χ1) is 16.1. The third-order valence-electron chi connectivity index (χ3n) is 5.16. The zero-order valence-corrected chi connectivity index (χ0v) is 20.0. The first-order valence-corrected chi connectivity index (χ1v) is 12.1. The number of ether oxygens (including phenoxy) is 1. The largest absolute Gasteiger partial charge is 0.489 e. The second-order valence-electron chi connectivity index (χ2n) is 7.62. The molecule has 33 heavy (non-hydrogen) atoms. The van der Waals surface area contributed by atoms with Gasteiger partial charge in [0.25, 0.3) is 5.91 Å². The highest BCUT2D eigenvalue weighted by Gasteiger charge is 2.10. The summed E-state index contributed by atoms with van der Waals surface area (Å²) in [5.74, 6) is 0.689. The molecule has 0 aliphatic carbocycles. The third-order valence-corrected chi connectivity index (χ3v) is 6.55. The van der Waals surface area contributed by atoms with E-state index in [0.717, 1.165) is 32.4 Å². The van der Waals surface area contributed by atoms with Crippen molar-refractivity contribution in [1.29, 1.82) is 0 Å². The van der Waals surface area contributed by atoms with Crippen LogP contribution >= 0.6 is 27.3 Å². The lowest BCUT2D eigenvalue weighted by Crippen LogP contribution is -2.10. The number of thiophene rings is 1. The Morgan fingerprint density at radius 2 is 1.82 bits per heavy atom. The van der Waals surface area contributed by atoms with Gasteiger partial charge in [0.1, 0.15) is 12.4 Å². The van der Waals surface area contributed by atoms with E-state index >= 15 is 0 Å². The average molecular weight is 518 g/mol. The Morgan fingerprint density at radius 3 is 2.61 bits per heavy atom. The summed E-state index contributed by atoms with van der Waals surface area (Å²) in [6.45, 7) is 1.09. The van der Waals surface area contributed by atoms with Crippen LogP contribution in [0, 0.1) is 0 Å². The molecule has 0 atom stereocenters. The van der Waals surface area contributed by atoms with Crippen molar-refractivity contribution in [3.8, 4) is 5.75 Å². The van der Waals surface area contributed by atoms with Gasteiger partial charge in [0, 0.05) is 17.4 Å². The van der Waals surface area contributed by atoms with Crippen molar-refractivity contribution < 1.29 is 9.53 Å². The van der Waals surface area contributed by atoms with E-state index in [9.17, 15) is 4.79 Å². The van der Waals surface area contributed by atoms with Gasteiger partial charge < -0.3 is 10.1 Å². The maximum atomic E-state index is 12.7. The maximum Gasteiger partial charge on any atom is 0.265 e. The molecule has 7 heteroatoms. The summed E-state index contributed by atoms with van der Waals surface area (Å²) in [5, 5.41) is 11.5. The van der Waals surface area contributed by atoms with Crippen LogP contribution in [0.1, 0.15) is 20.8 Å². The molecule has 2 aromatic heterocycles. The molecular formula is C26H20BrN3O2S. The number of halogens is 1. The van der Waals surface area contributed by atoms with Crippen molar-refractivity contribution >= 4 is 49.6 Å². The highest BCUT2D eigenvalue weighted by molar-refractivity contribution is 9.10. The molecular weight excluding hydrogens is 498 g/mol. The number of hydrogen-bond donors (Lipinski definition) is 1. The molecule has 0 unspecified atom stereocenters. The second-order valence-corrected chi connectivity index (χ2v) is 9.45. The number of hydrogen-bond acceptors (Lipinski definition) is 4. The number of anilines is 1. The monoisotopic (exact) mass is 517 g/mol. The summed E-state index contributed by atoms with van der Waals surface area (Å²) < 4.78 is 8.74. The van der Waals surface area contributed by atoms with Crippen molar-refractivity contribution in [2.45, 2.75) is 13.2 Å². The number of aromatic nitrogens is 2. The fourth-order valence-corrected chi connectivity index (χ4v) is 4.61. The molecule has 0 radical (unpaired) electrons. The molecule has 5 aromatic rings. The first kappa shape index (κ1) is 21.4. The summed E-state index contributed by atoms with van der Waals surface area (Å²) in [4.78, 5) is 13.3. The fourth-order valence-electron chi connectivity index (χ4n) is 3.49. The van der Waals surface area contributed by atoms with Crippen LogP contribution in [0.3, 0.4) is 0 Å². The Bertz CT molecular complexity index is 1410. The third kappa shape index (κ3) is 5.32. The van der Waals surface area contributed by atoms with Crippen LogP contribution in [0.5, 0.6) is 5.75 Å². The van der Waals surface area contributed by atoms with Gasteiger partial charge in [0.05, 0.1) is 22.1 Å². The predicted octanol–water partition coefficient (Wildman–Crippen LogP) is 6.74. The van der Waals surface area contributed by atoms with E-state index < -0.39 is 0 Å². The van der Waals surface area contributed by atoms with Crippen LogP contribution in [0.2, 0.25) is 0 Å². The zero-order chi connectivity index (χ0) is 22.6. The summed E-state index contributed by atoms with van der Waals surface area (Å²) >= 11 is 4.81. The van der Waals surface area contributed by atoms with Gasteiger partial charge in [-0.1, -0.05) is 42.5 Å². The van der Waals surface area contributed by atoms with Crippen LogP contribution in [0.15, 0.2) is 95.0 Å². The molecule has 0 aliphatic rings. The van der Waals surface area contributed by atoms with E-state index in [2.05, 4.69) is 44.5 Å². The lowest BCUT2D eigenvalue weighted by atomic mass is 10.1. The van der Waals surface area contributed by atoms with Gasteiger partial charge in [-0.15, -0.1) is 11.3 Å². The molecule has 0 saturated carbocycles. The molecule has 164 valence electrons. The lowest BCUT2D eigenvalue weighted by molar-refractivity contribution is 0.103. The Morgan fingerprint density at radius 1 is 1.00 bits per heavy atom. The molecule has 1 amide bonds. The molecule has 0 saturated heterocycles. The molecule has 5 nitrogen and oxygen atoms in total. The van der Waals surface area contributed by atoms with Crippen LogP contribution < -0.4 is 10.1 Å². The van der Waals surface area contributed by atoms with Crippen molar-refractivity contribution in [2.24, 2.45) is 0 Å². The number of nitrogens with one attached hydrogen (secondary N) is 1. The molecule has 5 rings (SSSR count). The number of fused-ring (bicyclic) bond motifs is 1. The average Bonchev–Trinajstić information content (AvgIpc) is 3.48. The topological polar surface area (TPSA) is 56.2 Å². The summed E-state index contributed by atoms with van der Waals surface area (Å²) in [5.41, 5.74) is 2.83. The SMILES string of the molecule is O=C(Nc1ccc(Cn2cc(Br)cn2)cc1)c1cc(COc2ccc3ccccc3c2)cs1. The predicted molar refractivity (Wildman–Crippen MR) is 136 cm³/mol. The fraction of sp³-hybridized carbons (Fsp3) is 0.0769.